The predicted octanol–water partition coefficient (Wildman–Crippen LogP) is 1.89. The van der Waals surface area contributed by atoms with E-state index in [4.69, 9.17) is 0 Å². The van der Waals surface area contributed by atoms with Crippen LogP contribution in [-0.4, -0.2) is 64.8 Å². The second-order valence-electron chi connectivity index (χ2n) is 10.6. The Morgan fingerprint density at radius 2 is 1.80 bits per heavy atom. The van der Waals surface area contributed by atoms with Crippen LogP contribution in [0, 0.1) is 17.3 Å². The summed E-state index contributed by atoms with van der Waals surface area (Å²) in [6.45, 7) is 11.1. The van der Waals surface area contributed by atoms with Crippen molar-refractivity contribution in [2.75, 3.05) is 19.6 Å². The van der Waals surface area contributed by atoms with Crippen LogP contribution in [0.4, 0.5) is 4.79 Å². The molecule has 0 radical (unpaired) electrons. The lowest BCUT2D eigenvalue weighted by Crippen LogP contribution is -2.54. The molecule has 2 heterocycles. The number of carbonyl (C=O) groups is 4. The van der Waals surface area contributed by atoms with Crippen LogP contribution < -0.4 is 10.6 Å². The van der Waals surface area contributed by atoms with E-state index >= 15 is 0 Å². The molecule has 8 nitrogen and oxygen atoms in total. The smallest absolute Gasteiger partial charge is 0.325 e. The fraction of sp³-hybridized carbons (Fsp3) is 0.818. The summed E-state index contributed by atoms with van der Waals surface area (Å²) in [5.41, 5.74) is -0.929. The average molecular weight is 421 g/mol. The maximum Gasteiger partial charge on any atom is 0.325 e. The molecule has 3 fully saturated rings. The standard InChI is InChI=1S/C22H36N4O4/c1-14(2)18(28)25-8-6-16(7-9-25)23-17(27)12-26-19(29)22(24-20(26)30)11-15(3)10-21(4,5)13-22/h14-16H,6-13H2,1-5H3,(H,23,27)(H,24,30). The van der Waals surface area contributed by atoms with E-state index in [1.54, 1.807) is 0 Å². The number of likely N-dealkylation sites (tertiary alicyclic amines) is 1. The van der Waals surface area contributed by atoms with Crippen molar-refractivity contribution in [2.24, 2.45) is 17.3 Å². The first-order chi connectivity index (χ1) is 13.9. The van der Waals surface area contributed by atoms with E-state index in [0.29, 0.717) is 44.7 Å². The minimum Gasteiger partial charge on any atom is -0.352 e. The number of rotatable bonds is 4. The minimum atomic E-state index is -0.888. The first-order valence-corrected chi connectivity index (χ1v) is 11.1. The number of amides is 5. The van der Waals surface area contributed by atoms with Gasteiger partial charge in [-0.1, -0.05) is 34.6 Å². The number of imide groups is 1. The second kappa shape index (κ2) is 8.19. The third-order valence-electron chi connectivity index (χ3n) is 6.59. The predicted molar refractivity (Wildman–Crippen MR) is 112 cm³/mol. The first-order valence-electron chi connectivity index (χ1n) is 11.1. The van der Waals surface area contributed by atoms with Gasteiger partial charge in [-0.2, -0.15) is 0 Å². The van der Waals surface area contributed by atoms with Crippen molar-refractivity contribution in [1.82, 2.24) is 20.4 Å². The minimum absolute atomic E-state index is 0.0318. The molecule has 3 rings (SSSR count). The van der Waals surface area contributed by atoms with Crippen molar-refractivity contribution in [3.05, 3.63) is 0 Å². The van der Waals surface area contributed by atoms with Crippen LogP contribution in [-0.2, 0) is 14.4 Å². The molecule has 2 unspecified atom stereocenters. The Morgan fingerprint density at radius 1 is 1.17 bits per heavy atom. The summed E-state index contributed by atoms with van der Waals surface area (Å²) in [5, 5.41) is 5.85. The molecule has 0 aromatic heterocycles. The van der Waals surface area contributed by atoms with E-state index in [2.05, 4.69) is 31.4 Å². The van der Waals surface area contributed by atoms with E-state index in [-0.39, 0.29) is 41.6 Å². The normalized spacial score (nSPS) is 29.5. The number of hydrogen-bond acceptors (Lipinski definition) is 4. The molecule has 3 aliphatic rings. The van der Waals surface area contributed by atoms with Gasteiger partial charge in [0.2, 0.25) is 11.8 Å². The molecule has 2 aliphatic heterocycles. The quantitative estimate of drug-likeness (QED) is 0.679. The fourth-order valence-corrected chi connectivity index (χ4v) is 5.68. The van der Waals surface area contributed by atoms with Gasteiger partial charge in [-0.3, -0.25) is 19.3 Å². The van der Waals surface area contributed by atoms with E-state index < -0.39 is 11.6 Å². The molecule has 0 aromatic carbocycles. The van der Waals surface area contributed by atoms with Gasteiger partial charge in [0.1, 0.15) is 12.1 Å². The molecule has 0 bridgehead atoms. The van der Waals surface area contributed by atoms with Crippen LogP contribution in [0.25, 0.3) is 0 Å². The van der Waals surface area contributed by atoms with Gasteiger partial charge in [0.25, 0.3) is 5.91 Å². The molecule has 168 valence electrons. The van der Waals surface area contributed by atoms with E-state index in [1.807, 2.05) is 18.7 Å². The zero-order chi connectivity index (χ0) is 22.3. The largest absolute Gasteiger partial charge is 0.352 e. The Bertz CT molecular complexity index is 727. The van der Waals surface area contributed by atoms with Gasteiger partial charge in [-0.15, -0.1) is 0 Å². The van der Waals surface area contributed by atoms with Crippen molar-refractivity contribution in [1.29, 1.82) is 0 Å². The van der Waals surface area contributed by atoms with Crippen molar-refractivity contribution >= 4 is 23.8 Å². The summed E-state index contributed by atoms with van der Waals surface area (Å²) in [6, 6.07) is -0.519. The molecule has 5 amide bonds. The lowest BCUT2D eigenvalue weighted by atomic mass is 9.64. The van der Waals surface area contributed by atoms with E-state index in [0.717, 1.165) is 11.3 Å². The van der Waals surface area contributed by atoms with Gasteiger partial charge >= 0.3 is 6.03 Å². The highest BCUT2D eigenvalue weighted by molar-refractivity contribution is 6.09. The topological polar surface area (TPSA) is 98.8 Å². The molecule has 2 N–H and O–H groups in total. The van der Waals surface area contributed by atoms with Crippen LogP contribution in [0.2, 0.25) is 0 Å². The second-order valence-corrected chi connectivity index (χ2v) is 10.6. The van der Waals surface area contributed by atoms with Crippen LogP contribution in [0.1, 0.15) is 66.7 Å². The van der Waals surface area contributed by atoms with E-state index in [9.17, 15) is 19.2 Å². The van der Waals surface area contributed by atoms with Crippen LogP contribution in [0.5, 0.6) is 0 Å². The Labute approximate surface area is 179 Å². The number of piperidine rings is 1. The zero-order valence-electron chi connectivity index (χ0n) is 18.9. The number of urea groups is 1. The van der Waals surface area contributed by atoms with Gasteiger partial charge in [0, 0.05) is 25.0 Å². The van der Waals surface area contributed by atoms with Gasteiger partial charge in [0.05, 0.1) is 0 Å². The van der Waals surface area contributed by atoms with Crippen LogP contribution >= 0.6 is 0 Å². The van der Waals surface area contributed by atoms with Gasteiger partial charge in [-0.25, -0.2) is 4.79 Å². The molecule has 0 aromatic rings. The highest BCUT2D eigenvalue weighted by atomic mass is 16.2. The van der Waals surface area contributed by atoms with Crippen molar-refractivity contribution in [2.45, 2.75) is 78.3 Å². The van der Waals surface area contributed by atoms with Crippen molar-refractivity contribution < 1.29 is 19.2 Å². The molecule has 1 spiro atoms. The van der Waals surface area contributed by atoms with Crippen molar-refractivity contribution in [3.8, 4) is 0 Å². The lowest BCUT2D eigenvalue weighted by Gasteiger charge is -2.43. The summed E-state index contributed by atoms with van der Waals surface area (Å²) < 4.78 is 0. The van der Waals surface area contributed by atoms with Gasteiger partial charge < -0.3 is 15.5 Å². The van der Waals surface area contributed by atoms with Crippen LogP contribution in [0.15, 0.2) is 0 Å². The molecular formula is C22H36N4O4. The Kier molecular flexibility index (Phi) is 6.16. The summed E-state index contributed by atoms with van der Waals surface area (Å²) >= 11 is 0. The van der Waals surface area contributed by atoms with Crippen LogP contribution in [0.3, 0.4) is 0 Å². The summed E-state index contributed by atoms with van der Waals surface area (Å²) in [4.78, 5) is 53.3. The third kappa shape index (κ3) is 4.62. The Morgan fingerprint density at radius 3 is 2.37 bits per heavy atom. The Balaban J connectivity index is 1.55. The third-order valence-corrected chi connectivity index (χ3v) is 6.59. The molecule has 1 saturated carbocycles. The fourth-order valence-electron chi connectivity index (χ4n) is 5.68. The maximum atomic E-state index is 13.2. The molecule has 30 heavy (non-hydrogen) atoms. The average Bonchev–Trinajstić information content (AvgIpc) is 2.83. The number of nitrogens with zero attached hydrogens (tertiary/aromatic N) is 2. The molecule has 8 heteroatoms. The zero-order valence-corrected chi connectivity index (χ0v) is 18.9. The number of carbonyl (C=O) groups excluding carboxylic acids is 4. The van der Waals surface area contributed by atoms with Gasteiger partial charge in [-0.05, 0) is 43.4 Å². The van der Waals surface area contributed by atoms with Crippen molar-refractivity contribution in [3.63, 3.8) is 0 Å². The highest BCUT2D eigenvalue weighted by Crippen LogP contribution is 2.46. The Hall–Kier alpha value is -2.12. The molecule has 1 aliphatic carbocycles. The highest BCUT2D eigenvalue weighted by Gasteiger charge is 2.56. The lowest BCUT2D eigenvalue weighted by molar-refractivity contribution is -0.138. The maximum absolute atomic E-state index is 13.2. The molecule has 2 saturated heterocycles. The van der Waals surface area contributed by atoms with E-state index in [1.165, 1.54) is 0 Å². The summed E-state index contributed by atoms with van der Waals surface area (Å²) in [6.07, 6.45) is 3.58. The first kappa shape index (κ1) is 22.6. The van der Waals surface area contributed by atoms with Gasteiger partial charge in [0.15, 0.2) is 0 Å². The monoisotopic (exact) mass is 420 g/mol. The summed E-state index contributed by atoms with van der Waals surface area (Å²) in [5.74, 6) is -0.179. The number of nitrogens with one attached hydrogen (secondary N) is 2. The molecular weight excluding hydrogens is 384 g/mol. The SMILES string of the molecule is CC1CC(C)(C)CC2(C1)NC(=O)N(CC(=O)NC1CCN(C(=O)C(C)C)CC1)C2=O. The molecule has 2 atom stereocenters. The summed E-state index contributed by atoms with van der Waals surface area (Å²) in [7, 11) is 0. The number of hydrogen-bond donors (Lipinski definition) is 2.